The number of amides is 2. The molecule has 6 heteroatoms. The van der Waals surface area contributed by atoms with Crippen molar-refractivity contribution in [3.05, 3.63) is 58.1 Å². The lowest BCUT2D eigenvalue weighted by molar-refractivity contribution is -0.116. The molecular weight excluding hydrogens is 420 g/mol. The van der Waals surface area contributed by atoms with Crippen molar-refractivity contribution in [2.24, 2.45) is 0 Å². The summed E-state index contributed by atoms with van der Waals surface area (Å²) in [6, 6.07) is 13.1. The summed E-state index contributed by atoms with van der Waals surface area (Å²) in [6.45, 7) is 3.98. The molecule has 2 amide bonds. The summed E-state index contributed by atoms with van der Waals surface area (Å²) in [6.07, 6.45) is 3.09. The molecule has 0 saturated carbocycles. The predicted molar refractivity (Wildman–Crippen MR) is 114 cm³/mol. The number of hydrogen-bond acceptors (Lipinski definition) is 3. The Morgan fingerprint density at radius 3 is 2.64 bits per heavy atom. The molecule has 148 valence electrons. The fourth-order valence-corrected chi connectivity index (χ4v) is 3.66. The molecule has 0 spiro atoms. The van der Waals surface area contributed by atoms with E-state index >= 15 is 0 Å². The molecule has 1 saturated heterocycles. The van der Waals surface area contributed by atoms with Crippen LogP contribution in [0.2, 0.25) is 0 Å². The van der Waals surface area contributed by atoms with E-state index in [1.165, 1.54) is 0 Å². The van der Waals surface area contributed by atoms with Crippen molar-refractivity contribution in [3.8, 4) is 5.75 Å². The fraction of sp³-hybridized carbons (Fsp3) is 0.364. The molecule has 0 unspecified atom stereocenters. The van der Waals surface area contributed by atoms with Gasteiger partial charge in [0.15, 0.2) is 0 Å². The van der Waals surface area contributed by atoms with E-state index in [1.54, 1.807) is 0 Å². The molecule has 1 aliphatic heterocycles. The molecule has 1 N–H and O–H groups in total. The lowest BCUT2D eigenvalue weighted by atomic mass is 10.1. The maximum atomic E-state index is 12.7. The van der Waals surface area contributed by atoms with Gasteiger partial charge in [-0.05, 0) is 62.1 Å². The third kappa shape index (κ3) is 5.35. The highest BCUT2D eigenvalue weighted by Gasteiger charge is 2.21. The van der Waals surface area contributed by atoms with E-state index in [2.05, 4.69) is 21.2 Å². The van der Waals surface area contributed by atoms with Crippen LogP contribution in [0.15, 0.2) is 46.9 Å². The molecule has 0 atom stereocenters. The minimum Gasteiger partial charge on any atom is -0.494 e. The number of ether oxygens (including phenoxy) is 1. The zero-order valence-electron chi connectivity index (χ0n) is 16.0. The van der Waals surface area contributed by atoms with Gasteiger partial charge in [-0.15, -0.1) is 0 Å². The molecule has 0 aliphatic carbocycles. The van der Waals surface area contributed by atoms with Crippen LogP contribution in [0, 0.1) is 6.92 Å². The third-order valence-electron chi connectivity index (χ3n) is 4.84. The van der Waals surface area contributed by atoms with E-state index in [9.17, 15) is 9.59 Å². The topological polar surface area (TPSA) is 58.6 Å². The molecule has 3 rings (SSSR count). The van der Waals surface area contributed by atoms with Crippen LogP contribution in [0.3, 0.4) is 0 Å². The van der Waals surface area contributed by atoms with Crippen molar-refractivity contribution in [2.45, 2.75) is 32.6 Å². The molecule has 1 heterocycles. The second-order valence-corrected chi connectivity index (χ2v) is 7.85. The summed E-state index contributed by atoms with van der Waals surface area (Å²) in [5, 5.41) is 2.93. The van der Waals surface area contributed by atoms with Gasteiger partial charge in [-0.3, -0.25) is 9.59 Å². The first kappa shape index (κ1) is 20.4. The first-order valence-electron chi connectivity index (χ1n) is 9.62. The average molecular weight is 445 g/mol. The highest BCUT2D eigenvalue weighted by molar-refractivity contribution is 9.10. The molecule has 2 aromatic rings. The Hall–Kier alpha value is -2.34. The van der Waals surface area contributed by atoms with Gasteiger partial charge in [0.1, 0.15) is 5.75 Å². The summed E-state index contributed by atoms with van der Waals surface area (Å²) < 4.78 is 6.62. The Balaban J connectivity index is 1.51. The van der Waals surface area contributed by atoms with Crippen molar-refractivity contribution in [2.75, 3.05) is 25.0 Å². The smallest absolute Gasteiger partial charge is 0.254 e. The van der Waals surface area contributed by atoms with Crippen LogP contribution >= 0.6 is 15.9 Å². The number of nitrogens with zero attached hydrogens (tertiary/aromatic N) is 1. The van der Waals surface area contributed by atoms with Gasteiger partial charge in [0.05, 0.1) is 6.61 Å². The van der Waals surface area contributed by atoms with E-state index in [4.69, 9.17) is 4.74 Å². The second kappa shape index (κ2) is 9.73. The Labute approximate surface area is 174 Å². The molecule has 0 bridgehead atoms. The van der Waals surface area contributed by atoms with Gasteiger partial charge in [-0.1, -0.05) is 28.1 Å². The molecule has 1 fully saturated rings. The number of hydrogen-bond donors (Lipinski definition) is 1. The monoisotopic (exact) mass is 444 g/mol. The molecular formula is C22H25BrN2O3. The van der Waals surface area contributed by atoms with Crippen LogP contribution in [0.4, 0.5) is 5.69 Å². The zero-order valence-corrected chi connectivity index (χ0v) is 17.6. The van der Waals surface area contributed by atoms with Crippen LogP contribution in [0.25, 0.3) is 0 Å². The van der Waals surface area contributed by atoms with Gasteiger partial charge < -0.3 is 15.0 Å². The molecule has 2 aromatic carbocycles. The highest BCUT2D eigenvalue weighted by Crippen LogP contribution is 2.23. The lowest BCUT2D eigenvalue weighted by Gasteiger charge is -2.18. The minimum atomic E-state index is -0.0771. The van der Waals surface area contributed by atoms with Crippen molar-refractivity contribution < 1.29 is 14.3 Å². The van der Waals surface area contributed by atoms with Gasteiger partial charge in [0.2, 0.25) is 5.91 Å². The third-order valence-corrected chi connectivity index (χ3v) is 5.34. The zero-order chi connectivity index (χ0) is 19.9. The van der Waals surface area contributed by atoms with Crippen molar-refractivity contribution in [1.29, 1.82) is 0 Å². The summed E-state index contributed by atoms with van der Waals surface area (Å²) in [4.78, 5) is 26.8. The summed E-state index contributed by atoms with van der Waals surface area (Å²) in [7, 11) is 0. The Morgan fingerprint density at radius 2 is 1.89 bits per heavy atom. The highest BCUT2D eigenvalue weighted by atomic mass is 79.9. The lowest BCUT2D eigenvalue weighted by Crippen LogP contribution is -2.28. The van der Waals surface area contributed by atoms with Crippen molar-refractivity contribution in [1.82, 2.24) is 4.90 Å². The number of benzene rings is 2. The van der Waals surface area contributed by atoms with Crippen molar-refractivity contribution in [3.63, 3.8) is 0 Å². The van der Waals surface area contributed by atoms with Gasteiger partial charge in [0.25, 0.3) is 5.91 Å². The van der Waals surface area contributed by atoms with Crippen LogP contribution in [0.1, 0.15) is 41.6 Å². The number of anilines is 1. The van der Waals surface area contributed by atoms with Crippen LogP contribution in [-0.4, -0.2) is 36.4 Å². The standard InChI is InChI=1S/C22H25BrN2O3/c1-16-19(22(27)25-12-2-3-13-25)9-5-10-20(16)24-21(26)11-6-14-28-18-8-4-7-17(23)15-18/h4-5,7-10,15H,2-3,6,11-14H2,1H3,(H,24,26). The number of rotatable bonds is 7. The average Bonchev–Trinajstić information content (AvgIpc) is 3.21. The summed E-state index contributed by atoms with van der Waals surface area (Å²) >= 11 is 3.40. The number of halogens is 1. The van der Waals surface area contributed by atoms with E-state index in [-0.39, 0.29) is 11.8 Å². The van der Waals surface area contributed by atoms with Crippen molar-refractivity contribution >= 4 is 33.4 Å². The Morgan fingerprint density at radius 1 is 1.14 bits per heavy atom. The molecule has 5 nitrogen and oxygen atoms in total. The molecule has 0 radical (unpaired) electrons. The van der Waals surface area contributed by atoms with Crippen LogP contribution < -0.4 is 10.1 Å². The maximum absolute atomic E-state index is 12.7. The van der Waals surface area contributed by atoms with Gasteiger partial charge in [0, 0.05) is 35.2 Å². The Bertz CT molecular complexity index is 847. The number of nitrogens with one attached hydrogen (secondary N) is 1. The van der Waals surface area contributed by atoms with Crippen LogP contribution in [-0.2, 0) is 4.79 Å². The van der Waals surface area contributed by atoms with Gasteiger partial charge in [-0.25, -0.2) is 0 Å². The quantitative estimate of drug-likeness (QED) is 0.624. The molecule has 28 heavy (non-hydrogen) atoms. The molecule has 1 aliphatic rings. The maximum Gasteiger partial charge on any atom is 0.254 e. The van der Waals surface area contributed by atoms with E-state index in [0.29, 0.717) is 30.7 Å². The number of carbonyl (C=O) groups excluding carboxylic acids is 2. The number of likely N-dealkylation sites (tertiary alicyclic amines) is 1. The summed E-state index contributed by atoms with van der Waals surface area (Å²) in [5.74, 6) is 0.749. The van der Waals surface area contributed by atoms with Gasteiger partial charge >= 0.3 is 0 Å². The van der Waals surface area contributed by atoms with E-state index in [0.717, 1.165) is 41.7 Å². The van der Waals surface area contributed by atoms with E-state index < -0.39 is 0 Å². The first-order chi connectivity index (χ1) is 13.5. The Kier molecular flexibility index (Phi) is 7.09. The largest absolute Gasteiger partial charge is 0.494 e. The van der Waals surface area contributed by atoms with Crippen LogP contribution in [0.5, 0.6) is 5.75 Å². The summed E-state index contributed by atoms with van der Waals surface area (Å²) in [5.41, 5.74) is 2.18. The van der Waals surface area contributed by atoms with Gasteiger partial charge in [-0.2, -0.15) is 0 Å². The number of carbonyl (C=O) groups is 2. The first-order valence-corrected chi connectivity index (χ1v) is 10.4. The predicted octanol–water partition coefficient (Wildman–Crippen LogP) is 4.79. The molecule has 0 aromatic heterocycles. The van der Waals surface area contributed by atoms with E-state index in [1.807, 2.05) is 54.3 Å². The minimum absolute atomic E-state index is 0.0496. The normalized spacial score (nSPS) is 13.4. The fourth-order valence-electron chi connectivity index (χ4n) is 3.29. The second-order valence-electron chi connectivity index (χ2n) is 6.94. The SMILES string of the molecule is Cc1c(NC(=O)CCCOc2cccc(Br)c2)cccc1C(=O)N1CCCC1.